The van der Waals surface area contributed by atoms with Crippen molar-refractivity contribution in [2.75, 3.05) is 6.61 Å². The number of ketones is 1. The normalized spacial score (nSPS) is 11.4. The molecule has 3 nitrogen and oxygen atoms in total. The van der Waals surface area contributed by atoms with Crippen molar-refractivity contribution in [3.05, 3.63) is 42.0 Å². The lowest BCUT2D eigenvalue weighted by molar-refractivity contribution is -0.114. The third kappa shape index (κ3) is 8.24. The lowest BCUT2D eigenvalue weighted by Crippen LogP contribution is -1.92. The smallest absolute Gasteiger partial charge is 0.161 e. The predicted octanol–water partition coefficient (Wildman–Crippen LogP) is 5.29. The monoisotopic (exact) mass is 316 g/mol. The van der Waals surface area contributed by atoms with Gasteiger partial charge >= 0.3 is 0 Å². The molecule has 0 unspecified atom stereocenters. The average molecular weight is 316 g/mol. The quantitative estimate of drug-likeness (QED) is 0.343. The second-order valence-electron chi connectivity index (χ2n) is 5.51. The maximum atomic E-state index is 11.7. The first kappa shape index (κ1) is 19.0. The van der Waals surface area contributed by atoms with Gasteiger partial charge in [-0.05, 0) is 37.1 Å². The van der Waals surface area contributed by atoms with Crippen molar-refractivity contribution in [3.8, 4) is 11.5 Å². The third-order valence-corrected chi connectivity index (χ3v) is 3.49. The minimum atomic E-state index is 0.137. The highest BCUT2D eigenvalue weighted by Gasteiger charge is 2.01. The number of hydrogen-bond acceptors (Lipinski definition) is 3. The third-order valence-electron chi connectivity index (χ3n) is 3.49. The van der Waals surface area contributed by atoms with Crippen molar-refractivity contribution in [1.82, 2.24) is 0 Å². The molecule has 0 heterocycles. The van der Waals surface area contributed by atoms with Gasteiger partial charge in [-0.2, -0.15) is 0 Å². The number of allylic oxidation sites excluding steroid dienone is 3. The molecule has 3 heteroatoms. The van der Waals surface area contributed by atoms with Crippen LogP contribution in [0, 0.1) is 0 Å². The predicted molar refractivity (Wildman–Crippen MR) is 95.8 cm³/mol. The Bertz CT molecular complexity index is 530. The summed E-state index contributed by atoms with van der Waals surface area (Å²) in [5, 5.41) is 9.64. The van der Waals surface area contributed by atoms with Gasteiger partial charge < -0.3 is 9.84 Å². The molecule has 0 atom stereocenters. The van der Waals surface area contributed by atoms with E-state index in [1.165, 1.54) is 19.3 Å². The van der Waals surface area contributed by atoms with Gasteiger partial charge in [-0.25, -0.2) is 0 Å². The zero-order valence-corrected chi connectivity index (χ0v) is 14.3. The van der Waals surface area contributed by atoms with Gasteiger partial charge in [0.2, 0.25) is 0 Å². The zero-order chi connectivity index (χ0) is 16.9. The lowest BCUT2D eigenvalue weighted by atomic mass is 10.1. The number of hydrogen-bond donors (Lipinski definition) is 1. The summed E-state index contributed by atoms with van der Waals surface area (Å²) in [7, 11) is 0. The number of ether oxygens (including phenoxy) is 1. The highest BCUT2D eigenvalue weighted by Crippen LogP contribution is 2.27. The summed E-state index contributed by atoms with van der Waals surface area (Å²) in [6.45, 7) is 4.57. The molecule has 0 aliphatic carbocycles. The molecule has 0 bridgehead atoms. The van der Waals surface area contributed by atoms with Crippen molar-refractivity contribution in [1.29, 1.82) is 0 Å². The average Bonchev–Trinajstić information content (AvgIpc) is 2.54. The maximum Gasteiger partial charge on any atom is 0.161 e. The molecule has 0 amide bonds. The molecule has 0 radical (unpaired) electrons. The van der Waals surface area contributed by atoms with E-state index in [0.717, 1.165) is 18.4 Å². The van der Waals surface area contributed by atoms with Crippen LogP contribution < -0.4 is 4.74 Å². The summed E-state index contributed by atoms with van der Waals surface area (Å²) in [5.41, 5.74) is 0.919. The number of phenolic OH excluding ortho intramolecular Hbond substituents is 1. The Balaban J connectivity index is 2.39. The van der Waals surface area contributed by atoms with Crippen molar-refractivity contribution in [2.45, 2.75) is 52.4 Å². The first-order chi connectivity index (χ1) is 11.2. The van der Waals surface area contributed by atoms with Gasteiger partial charge in [-0.1, -0.05) is 56.9 Å². The van der Waals surface area contributed by atoms with Crippen molar-refractivity contribution in [2.24, 2.45) is 0 Å². The molecule has 0 aromatic heterocycles. The van der Waals surface area contributed by atoms with Gasteiger partial charge in [-0.3, -0.25) is 4.79 Å². The van der Waals surface area contributed by atoms with Crippen molar-refractivity contribution < 1.29 is 14.6 Å². The van der Waals surface area contributed by atoms with Crippen LogP contribution in [0.3, 0.4) is 0 Å². The Kier molecular flexibility index (Phi) is 9.53. The van der Waals surface area contributed by atoms with Crippen molar-refractivity contribution >= 4 is 11.9 Å². The number of carbonyl (C=O) groups is 1. The lowest BCUT2D eigenvalue weighted by Gasteiger charge is -2.05. The second-order valence-corrected chi connectivity index (χ2v) is 5.51. The largest absolute Gasteiger partial charge is 0.504 e. The van der Waals surface area contributed by atoms with Gasteiger partial charge in [0.25, 0.3) is 0 Å². The summed E-state index contributed by atoms with van der Waals surface area (Å²) >= 11 is 0. The molecule has 0 spiro atoms. The molecule has 1 rings (SSSR count). The van der Waals surface area contributed by atoms with Crippen molar-refractivity contribution in [3.63, 3.8) is 0 Å². The van der Waals surface area contributed by atoms with Crippen LogP contribution >= 0.6 is 0 Å². The molecule has 23 heavy (non-hydrogen) atoms. The zero-order valence-electron chi connectivity index (χ0n) is 14.3. The fraction of sp³-hybridized carbons (Fsp3) is 0.450. The molecule has 0 aliphatic heterocycles. The van der Waals surface area contributed by atoms with E-state index in [-0.39, 0.29) is 11.5 Å². The topological polar surface area (TPSA) is 46.5 Å². The molecule has 0 fully saturated rings. The van der Waals surface area contributed by atoms with E-state index in [1.54, 1.807) is 30.4 Å². The van der Waals surface area contributed by atoms with Crippen LogP contribution in [0.1, 0.15) is 57.9 Å². The fourth-order valence-corrected chi connectivity index (χ4v) is 2.22. The molecular formula is C20H28O3. The van der Waals surface area contributed by atoms with Gasteiger partial charge in [-0.15, -0.1) is 0 Å². The van der Waals surface area contributed by atoms with Gasteiger partial charge in [0.1, 0.15) is 0 Å². The highest BCUT2D eigenvalue weighted by atomic mass is 16.5. The summed E-state index contributed by atoms with van der Waals surface area (Å²) in [4.78, 5) is 11.7. The molecule has 0 aliphatic rings. The van der Waals surface area contributed by atoms with Crippen LogP contribution in [0.4, 0.5) is 0 Å². The maximum absolute atomic E-state index is 11.7. The molecule has 0 saturated carbocycles. The summed E-state index contributed by atoms with van der Waals surface area (Å²) in [5.74, 6) is 0.784. The van der Waals surface area contributed by atoms with Crippen LogP contribution in [0.2, 0.25) is 0 Å². The minimum absolute atomic E-state index is 0.137. The van der Waals surface area contributed by atoms with Crippen LogP contribution in [-0.2, 0) is 4.79 Å². The van der Waals surface area contributed by atoms with E-state index >= 15 is 0 Å². The standard InChI is InChI=1S/C20H28O3/c1-3-5-6-7-8-12-18(21)13-10-9-11-17-14-15-19(22)20(16-17)23-4-2/h9-11,13-16,22H,3-8,12H2,1-2H3. The molecular weight excluding hydrogens is 288 g/mol. The first-order valence-corrected chi connectivity index (χ1v) is 8.50. The van der Waals surface area contributed by atoms with Crippen LogP contribution in [0.5, 0.6) is 11.5 Å². The Morgan fingerprint density at radius 2 is 1.91 bits per heavy atom. The van der Waals surface area contributed by atoms with Crippen LogP contribution in [0.15, 0.2) is 36.4 Å². The Hall–Kier alpha value is -2.03. The molecule has 126 valence electrons. The first-order valence-electron chi connectivity index (χ1n) is 8.50. The molecule has 0 saturated heterocycles. The van der Waals surface area contributed by atoms with E-state index in [2.05, 4.69) is 6.92 Å². The Morgan fingerprint density at radius 1 is 1.13 bits per heavy atom. The summed E-state index contributed by atoms with van der Waals surface area (Å²) in [6, 6.07) is 5.19. The van der Waals surface area contributed by atoms with E-state index in [4.69, 9.17) is 4.74 Å². The van der Waals surface area contributed by atoms with Crippen LogP contribution in [0.25, 0.3) is 6.08 Å². The summed E-state index contributed by atoms with van der Waals surface area (Å²) in [6.07, 6.45) is 13.5. The number of rotatable bonds is 11. The Labute approximate surface area is 139 Å². The SMILES string of the molecule is CCCCCCCC(=O)C=CC=Cc1ccc(O)c(OCC)c1. The minimum Gasteiger partial charge on any atom is -0.504 e. The van der Waals surface area contributed by atoms with E-state index in [0.29, 0.717) is 18.8 Å². The number of carbonyl (C=O) groups excluding carboxylic acids is 1. The molecule has 1 aromatic rings. The molecule has 1 aromatic carbocycles. The summed E-state index contributed by atoms with van der Waals surface area (Å²) < 4.78 is 5.34. The fourth-order valence-electron chi connectivity index (χ4n) is 2.22. The second kappa shape index (κ2) is 11.5. The number of benzene rings is 1. The van der Waals surface area contributed by atoms with Crippen LogP contribution in [-0.4, -0.2) is 17.5 Å². The van der Waals surface area contributed by atoms with Gasteiger partial charge in [0.05, 0.1) is 6.61 Å². The molecule has 1 N–H and O–H groups in total. The van der Waals surface area contributed by atoms with Gasteiger partial charge in [0.15, 0.2) is 17.3 Å². The van der Waals surface area contributed by atoms with Gasteiger partial charge in [0, 0.05) is 6.42 Å². The van der Waals surface area contributed by atoms with E-state index < -0.39 is 0 Å². The number of unbranched alkanes of at least 4 members (excludes halogenated alkanes) is 4. The number of aromatic hydroxyl groups is 1. The number of phenols is 1. The highest BCUT2D eigenvalue weighted by molar-refractivity contribution is 5.89. The van der Waals surface area contributed by atoms with E-state index in [1.807, 2.05) is 19.1 Å². The Morgan fingerprint density at radius 3 is 2.65 bits per heavy atom. The van der Waals surface area contributed by atoms with E-state index in [9.17, 15) is 9.90 Å².